The van der Waals surface area contributed by atoms with Crippen LogP contribution in [0.1, 0.15) is 20.0 Å². The molecule has 3 rings (SSSR count). The predicted molar refractivity (Wildman–Crippen MR) is 98.6 cm³/mol. The maximum absolute atomic E-state index is 12.2. The standard InChI is InChI=1S/C17H12BrN3O2S/c18-12-6-8-13(9-7-12)20-16(23)14-10-19-17(24-14)21-15(22)11-4-2-1-3-5-11/h1-10H,(H,20,23)(H,19,21,22). The summed E-state index contributed by atoms with van der Waals surface area (Å²) in [5.74, 6) is -0.528. The Bertz CT molecular complexity index is 863. The molecule has 0 saturated heterocycles. The van der Waals surface area contributed by atoms with Gasteiger partial charge in [0.2, 0.25) is 0 Å². The Labute approximate surface area is 150 Å². The molecule has 0 aliphatic rings. The molecule has 0 aliphatic carbocycles. The van der Waals surface area contributed by atoms with Crippen LogP contribution in [-0.2, 0) is 0 Å². The Morgan fingerprint density at radius 1 is 0.917 bits per heavy atom. The third-order valence-corrected chi connectivity index (χ3v) is 4.53. The fraction of sp³-hybridized carbons (Fsp3) is 0. The van der Waals surface area contributed by atoms with Crippen LogP contribution in [0.5, 0.6) is 0 Å². The summed E-state index contributed by atoms with van der Waals surface area (Å²) >= 11 is 4.46. The van der Waals surface area contributed by atoms with Gasteiger partial charge in [-0.1, -0.05) is 45.5 Å². The van der Waals surface area contributed by atoms with Gasteiger partial charge in [0.1, 0.15) is 4.88 Å². The summed E-state index contributed by atoms with van der Waals surface area (Å²) in [6, 6.07) is 16.1. The van der Waals surface area contributed by atoms with Gasteiger partial charge < -0.3 is 5.32 Å². The first-order chi connectivity index (χ1) is 11.6. The van der Waals surface area contributed by atoms with Crippen LogP contribution < -0.4 is 10.6 Å². The summed E-state index contributed by atoms with van der Waals surface area (Å²) < 4.78 is 0.934. The van der Waals surface area contributed by atoms with Gasteiger partial charge >= 0.3 is 0 Å². The normalized spacial score (nSPS) is 10.2. The van der Waals surface area contributed by atoms with Crippen molar-refractivity contribution in [3.63, 3.8) is 0 Å². The van der Waals surface area contributed by atoms with E-state index in [9.17, 15) is 9.59 Å². The van der Waals surface area contributed by atoms with Crippen molar-refractivity contribution in [1.29, 1.82) is 0 Å². The molecule has 1 aromatic heterocycles. The highest BCUT2D eigenvalue weighted by molar-refractivity contribution is 9.10. The second-order valence-electron chi connectivity index (χ2n) is 4.81. The number of anilines is 2. The molecule has 3 aromatic rings. The molecule has 0 unspecified atom stereocenters. The smallest absolute Gasteiger partial charge is 0.267 e. The van der Waals surface area contributed by atoms with Gasteiger partial charge in [0.05, 0.1) is 6.20 Å². The molecular formula is C17H12BrN3O2S. The lowest BCUT2D eigenvalue weighted by atomic mass is 10.2. The number of hydrogen-bond donors (Lipinski definition) is 2. The first-order valence-electron chi connectivity index (χ1n) is 7.01. The van der Waals surface area contributed by atoms with Gasteiger partial charge in [-0.3, -0.25) is 14.9 Å². The summed E-state index contributed by atoms with van der Waals surface area (Å²) in [4.78, 5) is 28.8. The average molecular weight is 402 g/mol. The zero-order chi connectivity index (χ0) is 16.9. The molecule has 0 aliphatic heterocycles. The lowest BCUT2D eigenvalue weighted by molar-refractivity contribution is 0.102. The van der Waals surface area contributed by atoms with Crippen molar-refractivity contribution < 1.29 is 9.59 Å². The minimum absolute atomic E-state index is 0.259. The number of benzene rings is 2. The molecule has 7 heteroatoms. The number of nitrogens with zero attached hydrogens (tertiary/aromatic N) is 1. The summed E-state index contributed by atoms with van der Waals surface area (Å²) in [5, 5.41) is 5.85. The molecule has 5 nitrogen and oxygen atoms in total. The van der Waals surface area contributed by atoms with Crippen molar-refractivity contribution in [1.82, 2.24) is 4.98 Å². The van der Waals surface area contributed by atoms with Gasteiger partial charge in [0.25, 0.3) is 11.8 Å². The monoisotopic (exact) mass is 401 g/mol. The summed E-state index contributed by atoms with van der Waals surface area (Å²) in [7, 11) is 0. The Morgan fingerprint density at radius 2 is 1.62 bits per heavy atom. The fourth-order valence-electron chi connectivity index (χ4n) is 1.92. The quantitative estimate of drug-likeness (QED) is 0.679. The Hall–Kier alpha value is -2.51. The van der Waals surface area contributed by atoms with Crippen LogP contribution in [0.3, 0.4) is 0 Å². The average Bonchev–Trinajstić information content (AvgIpc) is 3.06. The van der Waals surface area contributed by atoms with Crippen molar-refractivity contribution in [3.8, 4) is 0 Å². The molecule has 0 spiro atoms. The van der Waals surface area contributed by atoms with E-state index in [0.29, 0.717) is 21.3 Å². The van der Waals surface area contributed by atoms with Gasteiger partial charge in [0, 0.05) is 15.7 Å². The summed E-state index contributed by atoms with van der Waals surface area (Å²) in [5.41, 5.74) is 1.22. The first kappa shape index (κ1) is 16.4. The van der Waals surface area contributed by atoms with Crippen LogP contribution in [-0.4, -0.2) is 16.8 Å². The summed E-state index contributed by atoms with van der Waals surface area (Å²) in [6.45, 7) is 0. The number of aromatic nitrogens is 1. The molecule has 0 radical (unpaired) electrons. The molecule has 2 aromatic carbocycles. The molecule has 2 N–H and O–H groups in total. The minimum Gasteiger partial charge on any atom is -0.321 e. The highest BCUT2D eigenvalue weighted by Crippen LogP contribution is 2.21. The van der Waals surface area contributed by atoms with Gasteiger partial charge in [-0.25, -0.2) is 4.98 Å². The van der Waals surface area contributed by atoms with Crippen LogP contribution in [0.15, 0.2) is 65.3 Å². The van der Waals surface area contributed by atoms with Crippen molar-refractivity contribution in [2.75, 3.05) is 10.6 Å². The van der Waals surface area contributed by atoms with E-state index in [0.717, 1.165) is 15.8 Å². The van der Waals surface area contributed by atoms with Crippen molar-refractivity contribution in [3.05, 3.63) is 75.7 Å². The van der Waals surface area contributed by atoms with E-state index in [-0.39, 0.29) is 11.8 Å². The Kier molecular flexibility index (Phi) is 5.02. The van der Waals surface area contributed by atoms with Crippen LogP contribution in [0, 0.1) is 0 Å². The number of thiazole rings is 1. The number of hydrogen-bond acceptors (Lipinski definition) is 4. The van der Waals surface area contributed by atoms with E-state index in [2.05, 4.69) is 31.5 Å². The number of carbonyl (C=O) groups is 2. The molecule has 0 atom stereocenters. The van der Waals surface area contributed by atoms with Crippen LogP contribution >= 0.6 is 27.3 Å². The third kappa shape index (κ3) is 4.06. The number of halogens is 1. The largest absolute Gasteiger partial charge is 0.321 e. The molecule has 24 heavy (non-hydrogen) atoms. The second-order valence-corrected chi connectivity index (χ2v) is 6.76. The Morgan fingerprint density at radius 3 is 2.33 bits per heavy atom. The van der Waals surface area contributed by atoms with E-state index >= 15 is 0 Å². The maximum Gasteiger partial charge on any atom is 0.267 e. The van der Waals surface area contributed by atoms with E-state index in [1.54, 1.807) is 36.4 Å². The zero-order valence-corrected chi connectivity index (χ0v) is 14.7. The second kappa shape index (κ2) is 7.37. The Balaban J connectivity index is 1.65. The zero-order valence-electron chi connectivity index (χ0n) is 12.3. The van der Waals surface area contributed by atoms with Crippen LogP contribution in [0.2, 0.25) is 0 Å². The highest BCUT2D eigenvalue weighted by atomic mass is 79.9. The summed E-state index contributed by atoms with van der Waals surface area (Å²) in [6.07, 6.45) is 1.44. The van der Waals surface area contributed by atoms with E-state index in [1.807, 2.05) is 18.2 Å². The highest BCUT2D eigenvalue weighted by Gasteiger charge is 2.13. The van der Waals surface area contributed by atoms with Crippen LogP contribution in [0.25, 0.3) is 0 Å². The first-order valence-corrected chi connectivity index (χ1v) is 8.62. The van der Waals surface area contributed by atoms with Crippen molar-refractivity contribution >= 4 is 49.9 Å². The molecular weight excluding hydrogens is 390 g/mol. The lowest BCUT2D eigenvalue weighted by Gasteiger charge is -2.03. The van der Waals surface area contributed by atoms with E-state index in [4.69, 9.17) is 0 Å². The number of carbonyl (C=O) groups excluding carboxylic acids is 2. The maximum atomic E-state index is 12.2. The molecule has 2 amide bonds. The topological polar surface area (TPSA) is 71.1 Å². The van der Waals surface area contributed by atoms with Crippen molar-refractivity contribution in [2.45, 2.75) is 0 Å². The van der Waals surface area contributed by atoms with Gasteiger partial charge in [-0.2, -0.15) is 0 Å². The lowest BCUT2D eigenvalue weighted by Crippen LogP contribution is -2.11. The molecule has 0 bridgehead atoms. The fourth-order valence-corrected chi connectivity index (χ4v) is 2.89. The molecule has 1 heterocycles. The SMILES string of the molecule is O=C(Nc1ncc(C(=O)Nc2ccc(Br)cc2)s1)c1ccccc1. The van der Waals surface area contributed by atoms with E-state index < -0.39 is 0 Å². The van der Waals surface area contributed by atoms with E-state index in [1.165, 1.54) is 6.20 Å². The number of nitrogens with one attached hydrogen (secondary N) is 2. The van der Waals surface area contributed by atoms with Gasteiger partial charge in [-0.15, -0.1) is 0 Å². The van der Waals surface area contributed by atoms with Gasteiger partial charge in [0.15, 0.2) is 5.13 Å². The molecule has 0 fully saturated rings. The minimum atomic E-state index is -0.268. The number of rotatable bonds is 4. The number of amides is 2. The van der Waals surface area contributed by atoms with Crippen LogP contribution in [0.4, 0.5) is 10.8 Å². The van der Waals surface area contributed by atoms with Crippen molar-refractivity contribution in [2.24, 2.45) is 0 Å². The third-order valence-electron chi connectivity index (χ3n) is 3.09. The molecule has 0 saturated carbocycles. The molecule has 120 valence electrons. The van der Waals surface area contributed by atoms with Gasteiger partial charge in [-0.05, 0) is 36.4 Å². The predicted octanol–water partition coefficient (Wildman–Crippen LogP) is 4.41.